The molecule has 3 rings (SSSR count). The molecule has 2 aromatic rings. The molecule has 0 spiro atoms. The number of benzene rings is 2. The summed E-state index contributed by atoms with van der Waals surface area (Å²) in [5.74, 6) is -2.28. The highest BCUT2D eigenvalue weighted by atomic mass is 31.2. The summed E-state index contributed by atoms with van der Waals surface area (Å²) in [6, 6.07) is 18.7. The monoisotopic (exact) mass is 456 g/mol. The SMILES string of the molecule is C=C(C(CC(=O)OCC)C(=O)OCC)P1(=O)N(c2ccccc2)CCN1c1ccccc1. The molecule has 170 valence electrons. The second-order valence-corrected chi connectivity index (χ2v) is 9.89. The van der Waals surface area contributed by atoms with Crippen molar-refractivity contribution in [3.05, 3.63) is 72.6 Å². The number of carbonyl (C=O) groups excluding carboxylic acids is 2. The number of carbonyl (C=O) groups is 2. The molecule has 1 unspecified atom stereocenters. The second kappa shape index (κ2) is 10.5. The Morgan fingerprint density at radius 2 is 1.38 bits per heavy atom. The molecule has 1 saturated heterocycles. The minimum absolute atomic E-state index is 0.139. The standard InChI is InChI=1S/C24H29N2O5P/c1-4-30-23(27)18-22(24(28)31-5-2)19(3)32(29)25(20-12-8-6-9-13-20)16-17-26(32)21-14-10-7-11-15-21/h6-15,22H,3-5,16-18H2,1-2H3. The molecule has 0 N–H and O–H groups in total. The third-order valence-corrected chi connectivity index (χ3v) is 8.54. The van der Waals surface area contributed by atoms with Crippen LogP contribution < -0.4 is 9.34 Å². The third-order valence-electron chi connectivity index (χ3n) is 5.31. The van der Waals surface area contributed by atoms with Crippen molar-refractivity contribution in [3.63, 3.8) is 0 Å². The zero-order valence-corrected chi connectivity index (χ0v) is 19.4. The molecule has 0 aromatic heterocycles. The lowest BCUT2D eigenvalue weighted by Crippen LogP contribution is -2.29. The maximum absolute atomic E-state index is 14.9. The normalized spacial score (nSPS) is 15.8. The number of anilines is 2. The van der Waals surface area contributed by atoms with Gasteiger partial charge < -0.3 is 18.8 Å². The fourth-order valence-corrected chi connectivity index (χ4v) is 6.94. The molecule has 0 amide bonds. The van der Waals surface area contributed by atoms with Gasteiger partial charge in [0.1, 0.15) is 0 Å². The van der Waals surface area contributed by atoms with Crippen LogP contribution in [0.2, 0.25) is 0 Å². The number of rotatable bonds is 9. The molecular formula is C24H29N2O5P. The van der Waals surface area contributed by atoms with Crippen LogP contribution in [0.15, 0.2) is 72.6 Å². The number of hydrogen-bond donors (Lipinski definition) is 0. The number of para-hydroxylation sites is 2. The number of nitrogens with zero attached hydrogens (tertiary/aromatic N) is 2. The van der Waals surface area contributed by atoms with Crippen molar-refractivity contribution < 1.29 is 23.6 Å². The lowest BCUT2D eigenvalue weighted by atomic mass is 10.1. The third kappa shape index (κ3) is 4.73. The molecule has 1 atom stereocenters. The second-order valence-electron chi connectivity index (χ2n) is 7.27. The molecule has 1 aliphatic rings. The van der Waals surface area contributed by atoms with Gasteiger partial charge in [-0.05, 0) is 38.1 Å². The highest BCUT2D eigenvalue weighted by Crippen LogP contribution is 2.67. The highest BCUT2D eigenvalue weighted by molar-refractivity contribution is 7.71. The molecule has 7 nitrogen and oxygen atoms in total. The summed E-state index contributed by atoms with van der Waals surface area (Å²) in [6.45, 7) is 8.78. The number of esters is 2. The number of ether oxygens (including phenoxy) is 2. The number of hydrogen-bond acceptors (Lipinski definition) is 5. The molecule has 1 fully saturated rings. The first-order valence-electron chi connectivity index (χ1n) is 10.7. The van der Waals surface area contributed by atoms with Crippen LogP contribution in [0.25, 0.3) is 0 Å². The van der Waals surface area contributed by atoms with Gasteiger partial charge in [0.25, 0.3) is 7.44 Å². The first-order chi connectivity index (χ1) is 15.4. The summed E-state index contributed by atoms with van der Waals surface area (Å²) in [6.07, 6.45) is -0.277. The Hall–Kier alpha value is -3.05. The van der Waals surface area contributed by atoms with E-state index in [4.69, 9.17) is 9.47 Å². The molecule has 0 saturated carbocycles. The average molecular weight is 456 g/mol. The van der Waals surface area contributed by atoms with Gasteiger partial charge in [-0.3, -0.25) is 14.2 Å². The van der Waals surface area contributed by atoms with E-state index in [1.54, 1.807) is 23.2 Å². The zero-order valence-electron chi connectivity index (χ0n) is 18.5. The van der Waals surface area contributed by atoms with Crippen molar-refractivity contribution in [2.75, 3.05) is 35.6 Å². The largest absolute Gasteiger partial charge is 0.466 e. The molecule has 8 heteroatoms. The molecular weight excluding hydrogens is 427 g/mol. The van der Waals surface area contributed by atoms with Crippen molar-refractivity contribution in [1.29, 1.82) is 0 Å². The van der Waals surface area contributed by atoms with Gasteiger partial charge in [-0.1, -0.05) is 43.0 Å². The van der Waals surface area contributed by atoms with Gasteiger partial charge in [-0.2, -0.15) is 0 Å². The van der Waals surface area contributed by atoms with Gasteiger partial charge in [0.15, 0.2) is 0 Å². The Morgan fingerprint density at radius 3 is 1.81 bits per heavy atom. The minimum Gasteiger partial charge on any atom is -0.466 e. The Morgan fingerprint density at radius 1 is 0.906 bits per heavy atom. The van der Waals surface area contributed by atoms with Gasteiger partial charge in [0.2, 0.25) is 0 Å². The Labute approximate surface area is 189 Å². The van der Waals surface area contributed by atoms with Crippen molar-refractivity contribution >= 4 is 30.8 Å². The molecule has 0 aliphatic carbocycles. The maximum atomic E-state index is 14.9. The zero-order chi connectivity index (χ0) is 23.1. The van der Waals surface area contributed by atoms with Gasteiger partial charge in [-0.25, -0.2) is 0 Å². The summed E-state index contributed by atoms with van der Waals surface area (Å²) in [4.78, 5) is 25.2. The Bertz CT molecular complexity index is 944. The fraction of sp³-hybridized carbons (Fsp3) is 0.333. The van der Waals surface area contributed by atoms with E-state index in [0.29, 0.717) is 13.1 Å². The van der Waals surface area contributed by atoms with E-state index < -0.39 is 25.3 Å². The van der Waals surface area contributed by atoms with Gasteiger partial charge >= 0.3 is 11.9 Å². The highest BCUT2D eigenvalue weighted by Gasteiger charge is 2.49. The lowest BCUT2D eigenvalue weighted by molar-refractivity contribution is -0.153. The van der Waals surface area contributed by atoms with E-state index >= 15 is 0 Å². The van der Waals surface area contributed by atoms with Crippen molar-refractivity contribution in [2.45, 2.75) is 20.3 Å². The van der Waals surface area contributed by atoms with Crippen LogP contribution in [0.3, 0.4) is 0 Å². The quantitative estimate of drug-likeness (QED) is 0.394. The van der Waals surface area contributed by atoms with Crippen LogP contribution in [0.4, 0.5) is 11.4 Å². The Balaban J connectivity index is 2.08. The average Bonchev–Trinajstić information content (AvgIpc) is 3.16. The smallest absolute Gasteiger partial charge is 0.314 e. The van der Waals surface area contributed by atoms with Crippen molar-refractivity contribution in [2.24, 2.45) is 5.92 Å². The van der Waals surface area contributed by atoms with Gasteiger partial charge in [0, 0.05) is 29.8 Å². The molecule has 32 heavy (non-hydrogen) atoms. The summed E-state index contributed by atoms with van der Waals surface area (Å²) in [5, 5.41) is 0.161. The van der Waals surface area contributed by atoms with E-state index in [0.717, 1.165) is 11.4 Å². The van der Waals surface area contributed by atoms with E-state index in [2.05, 4.69) is 6.58 Å². The van der Waals surface area contributed by atoms with Crippen LogP contribution in [0.1, 0.15) is 20.3 Å². The van der Waals surface area contributed by atoms with Crippen LogP contribution >= 0.6 is 7.44 Å². The predicted octanol–water partition coefficient (Wildman–Crippen LogP) is 4.85. The van der Waals surface area contributed by atoms with Crippen molar-refractivity contribution in [3.8, 4) is 0 Å². The summed E-state index contributed by atoms with van der Waals surface area (Å²) in [7, 11) is -3.57. The lowest BCUT2D eigenvalue weighted by Gasteiger charge is -2.36. The van der Waals surface area contributed by atoms with Crippen LogP contribution in [0, 0.1) is 5.92 Å². The Kier molecular flexibility index (Phi) is 7.75. The van der Waals surface area contributed by atoms with Gasteiger partial charge in [-0.15, -0.1) is 0 Å². The summed E-state index contributed by atoms with van der Waals surface area (Å²) in [5.41, 5.74) is 1.52. The van der Waals surface area contributed by atoms with Crippen molar-refractivity contribution in [1.82, 2.24) is 0 Å². The molecule has 1 heterocycles. The molecule has 0 radical (unpaired) electrons. The van der Waals surface area contributed by atoms with Crippen LogP contribution in [0.5, 0.6) is 0 Å². The van der Waals surface area contributed by atoms with Crippen LogP contribution in [-0.2, 0) is 23.6 Å². The van der Waals surface area contributed by atoms with E-state index in [-0.39, 0.29) is 24.9 Å². The van der Waals surface area contributed by atoms with E-state index in [1.807, 2.05) is 60.7 Å². The van der Waals surface area contributed by atoms with Gasteiger partial charge in [0.05, 0.1) is 25.6 Å². The molecule has 1 aliphatic heterocycles. The first-order valence-corrected chi connectivity index (χ1v) is 12.3. The topological polar surface area (TPSA) is 76.2 Å². The van der Waals surface area contributed by atoms with E-state index in [1.165, 1.54) is 0 Å². The predicted molar refractivity (Wildman–Crippen MR) is 126 cm³/mol. The minimum atomic E-state index is -3.57. The maximum Gasteiger partial charge on any atom is 0.314 e. The fourth-order valence-electron chi connectivity index (χ4n) is 3.84. The summed E-state index contributed by atoms with van der Waals surface area (Å²) < 4.78 is 28.7. The first kappa shape index (κ1) is 23.6. The molecule has 0 bridgehead atoms. The van der Waals surface area contributed by atoms with Crippen LogP contribution in [-0.4, -0.2) is 38.2 Å². The summed E-state index contributed by atoms with van der Waals surface area (Å²) >= 11 is 0. The molecule has 2 aromatic carbocycles. The van der Waals surface area contributed by atoms with E-state index in [9.17, 15) is 14.2 Å².